The number of rotatable bonds is 37. The van der Waals surface area contributed by atoms with Crippen molar-refractivity contribution < 1.29 is 56.8 Å². The van der Waals surface area contributed by atoms with E-state index < -0.39 is 71.2 Å². The third-order valence-electron chi connectivity index (χ3n) is 10.3. The van der Waals surface area contributed by atoms with Crippen LogP contribution >= 0.6 is 0 Å². The molecule has 4 N–H and O–H groups in total. The predicted octanol–water partition coefficient (Wildman–Crippen LogP) is 8.99. The van der Waals surface area contributed by atoms with Crippen molar-refractivity contribution in [2.24, 2.45) is 0 Å². The molecule has 0 aromatic carbocycles. The lowest BCUT2D eigenvalue weighted by molar-refractivity contribution is -0.297. The Balaban J connectivity index is 2.48. The van der Waals surface area contributed by atoms with E-state index in [0.717, 1.165) is 64.2 Å². The molecular weight excluding hydrogens is 765 g/mol. The van der Waals surface area contributed by atoms with Gasteiger partial charge in [-0.3, -0.25) is 14.1 Å². The zero-order chi connectivity index (χ0) is 42.7. The van der Waals surface area contributed by atoms with Crippen LogP contribution in [0.25, 0.3) is 0 Å². The third-order valence-corrected chi connectivity index (χ3v) is 11.0. The summed E-state index contributed by atoms with van der Waals surface area (Å²) in [5, 5.41) is 30.9. The summed E-state index contributed by atoms with van der Waals surface area (Å²) >= 11 is 0. The van der Waals surface area contributed by atoms with Crippen LogP contribution in [0.3, 0.4) is 0 Å². The minimum atomic E-state index is -4.60. The molecule has 0 aromatic heterocycles. The Bertz CT molecular complexity index is 1230. The van der Waals surface area contributed by atoms with Gasteiger partial charge in [0.05, 0.1) is 6.61 Å². The van der Waals surface area contributed by atoms with Crippen LogP contribution in [-0.2, 0) is 38.7 Å². The Morgan fingerprint density at radius 3 is 1.62 bits per heavy atom. The summed E-state index contributed by atoms with van der Waals surface area (Å²) in [5.74, 6) is -2.02. The smallest absolute Gasteiger partial charge is 0.306 e. The van der Waals surface area contributed by atoms with Crippen molar-refractivity contribution >= 4 is 22.1 Å². The summed E-state index contributed by atoms with van der Waals surface area (Å²) in [6.45, 7) is 3.71. The molecule has 1 rings (SSSR count). The summed E-state index contributed by atoms with van der Waals surface area (Å²) in [7, 11) is -4.60. The molecule has 0 aliphatic carbocycles. The van der Waals surface area contributed by atoms with Crippen LogP contribution in [0.1, 0.15) is 187 Å². The van der Waals surface area contributed by atoms with Crippen molar-refractivity contribution in [2.45, 2.75) is 224 Å². The number of allylic oxidation sites excluding steroid dienone is 3. The van der Waals surface area contributed by atoms with Gasteiger partial charge in [-0.05, 0) is 76.4 Å². The van der Waals surface area contributed by atoms with Gasteiger partial charge in [0.15, 0.2) is 12.4 Å². The highest BCUT2D eigenvalue weighted by atomic mass is 32.2. The number of hydrogen-bond donors (Lipinski definition) is 4. The van der Waals surface area contributed by atoms with E-state index in [-0.39, 0.29) is 19.4 Å². The lowest BCUT2D eigenvalue weighted by Gasteiger charge is -2.40. The third kappa shape index (κ3) is 30.0. The molecule has 1 fully saturated rings. The van der Waals surface area contributed by atoms with Gasteiger partial charge in [-0.2, -0.15) is 8.42 Å². The van der Waals surface area contributed by atoms with Crippen molar-refractivity contribution in [3.63, 3.8) is 0 Å². The Morgan fingerprint density at radius 1 is 0.621 bits per heavy atom. The summed E-state index contributed by atoms with van der Waals surface area (Å²) in [6.07, 6.45) is 27.2. The zero-order valence-corrected chi connectivity index (χ0v) is 36.8. The van der Waals surface area contributed by atoms with Crippen molar-refractivity contribution in [3.8, 4) is 0 Å². The lowest BCUT2D eigenvalue weighted by Crippen LogP contribution is -2.60. The van der Waals surface area contributed by atoms with Crippen molar-refractivity contribution in [3.05, 3.63) is 30.0 Å². The Hall–Kier alpha value is -2.09. The lowest BCUT2D eigenvalue weighted by atomic mass is 10.00. The van der Waals surface area contributed by atoms with E-state index in [2.05, 4.69) is 43.9 Å². The maximum Gasteiger partial charge on any atom is 0.306 e. The quantitative estimate of drug-likeness (QED) is 0.0153. The second kappa shape index (κ2) is 35.6. The highest BCUT2D eigenvalue weighted by Gasteiger charge is 2.46. The first-order valence-electron chi connectivity index (χ1n) is 22.6. The van der Waals surface area contributed by atoms with E-state index >= 15 is 0 Å². The number of hydrogen-bond acceptors (Lipinski definition) is 11. The molecular formula is C45H80O12S. The second-order valence-corrected chi connectivity index (χ2v) is 17.3. The fourth-order valence-electron chi connectivity index (χ4n) is 6.71. The fourth-order valence-corrected chi connectivity index (χ4v) is 7.40. The van der Waals surface area contributed by atoms with Crippen LogP contribution in [0.5, 0.6) is 0 Å². The van der Waals surface area contributed by atoms with E-state index in [0.29, 0.717) is 12.8 Å². The predicted molar refractivity (Wildman–Crippen MR) is 228 cm³/mol. The molecule has 12 nitrogen and oxygen atoms in total. The topological polar surface area (TPSA) is 186 Å². The molecule has 6 atom stereocenters. The molecule has 0 spiro atoms. The highest BCUT2D eigenvalue weighted by Crippen LogP contribution is 2.24. The minimum absolute atomic E-state index is 0.142. The molecule has 13 heteroatoms. The summed E-state index contributed by atoms with van der Waals surface area (Å²) in [4.78, 5) is 25.4. The normalized spacial score (nSPS) is 20.1. The molecule has 0 radical (unpaired) electrons. The van der Waals surface area contributed by atoms with E-state index in [1.165, 1.54) is 83.5 Å². The van der Waals surface area contributed by atoms with Crippen molar-refractivity contribution in [2.75, 3.05) is 19.0 Å². The SMILES string of the molecule is CCCCCCCC=C=CCCCCCCCC(=O)O[C@H](COC(=O)CCCCC/C=C/CCCCCCCCCC)CO[C@H]1O[C@H](CS(=O)(=O)O)[C@@H](O)C(O)C1O. The monoisotopic (exact) mass is 845 g/mol. The Kier molecular flexibility index (Phi) is 33.1. The molecule has 1 saturated heterocycles. The molecule has 2 unspecified atom stereocenters. The number of esters is 2. The van der Waals surface area contributed by atoms with Gasteiger partial charge < -0.3 is 34.3 Å². The van der Waals surface area contributed by atoms with E-state index in [9.17, 15) is 37.9 Å². The molecule has 338 valence electrons. The average molecular weight is 845 g/mol. The average Bonchev–Trinajstić information content (AvgIpc) is 3.18. The number of aliphatic hydroxyl groups is 3. The maximum atomic E-state index is 12.8. The molecule has 0 saturated carbocycles. The molecule has 0 amide bonds. The van der Waals surface area contributed by atoms with Crippen LogP contribution in [0.2, 0.25) is 0 Å². The summed E-state index contributed by atoms with van der Waals surface area (Å²) < 4.78 is 54.0. The molecule has 0 aromatic rings. The van der Waals surface area contributed by atoms with Gasteiger partial charge in [-0.25, -0.2) is 0 Å². The number of unbranched alkanes of at least 4 members (excludes halogenated alkanes) is 21. The first-order chi connectivity index (χ1) is 28.0. The Labute approximate surface area is 351 Å². The maximum absolute atomic E-state index is 12.8. The van der Waals surface area contributed by atoms with Gasteiger partial charge >= 0.3 is 11.9 Å². The number of ether oxygens (including phenoxy) is 4. The van der Waals surface area contributed by atoms with Crippen LogP contribution in [-0.4, -0.2) is 96.0 Å². The number of carbonyl (C=O) groups excluding carboxylic acids is 2. The first-order valence-corrected chi connectivity index (χ1v) is 24.2. The zero-order valence-electron chi connectivity index (χ0n) is 35.9. The van der Waals surface area contributed by atoms with Crippen LogP contribution < -0.4 is 0 Å². The standard InChI is InChI=1S/C45H80O12S/c1-3-5-7-9-11-13-15-17-19-21-23-25-27-29-31-33-40(46)54-35-38(36-55-45-44(50)43(49)42(48)39(57-45)37-58(51,52)53)56-41(47)34-32-30-28-26-24-22-20-18-16-14-12-10-8-6-4-2/h16,20-21,23,38-39,42-45,48-50H,3-15,17,19,22,24-37H2,1-2H3,(H,51,52,53)/b23-21+/t18?,38-,39-,42-,43?,44?,45+/m1/s1. The number of carbonyl (C=O) groups is 2. The van der Waals surface area contributed by atoms with Crippen LogP contribution in [0, 0.1) is 0 Å². The summed E-state index contributed by atoms with van der Waals surface area (Å²) in [6, 6.07) is 0. The van der Waals surface area contributed by atoms with Crippen molar-refractivity contribution in [1.82, 2.24) is 0 Å². The molecule has 1 heterocycles. The van der Waals surface area contributed by atoms with Gasteiger partial charge in [0.2, 0.25) is 0 Å². The van der Waals surface area contributed by atoms with E-state index in [4.69, 9.17) is 18.9 Å². The van der Waals surface area contributed by atoms with Crippen LogP contribution in [0.4, 0.5) is 0 Å². The largest absolute Gasteiger partial charge is 0.462 e. The molecule has 1 aliphatic heterocycles. The second-order valence-electron chi connectivity index (χ2n) is 15.8. The molecule has 0 bridgehead atoms. The van der Waals surface area contributed by atoms with Gasteiger partial charge in [0.1, 0.15) is 36.8 Å². The Morgan fingerprint density at radius 2 is 1.09 bits per heavy atom. The van der Waals surface area contributed by atoms with Crippen molar-refractivity contribution in [1.29, 1.82) is 0 Å². The summed E-state index contributed by atoms with van der Waals surface area (Å²) in [5.41, 5.74) is 3.27. The van der Waals surface area contributed by atoms with Gasteiger partial charge in [0.25, 0.3) is 10.1 Å². The molecule has 1 aliphatic rings. The van der Waals surface area contributed by atoms with Crippen LogP contribution in [0.15, 0.2) is 30.0 Å². The van der Waals surface area contributed by atoms with E-state index in [1.807, 2.05) is 0 Å². The minimum Gasteiger partial charge on any atom is -0.462 e. The van der Waals surface area contributed by atoms with E-state index in [1.54, 1.807) is 0 Å². The van der Waals surface area contributed by atoms with Gasteiger partial charge in [0, 0.05) is 12.8 Å². The first kappa shape index (κ1) is 53.9. The molecule has 58 heavy (non-hydrogen) atoms. The fraction of sp³-hybridized carbons (Fsp3) is 0.844. The number of aliphatic hydroxyl groups excluding tert-OH is 3. The van der Waals surface area contributed by atoms with Gasteiger partial charge in [-0.15, -0.1) is 5.73 Å². The highest BCUT2D eigenvalue weighted by molar-refractivity contribution is 7.85. The van der Waals surface area contributed by atoms with Gasteiger partial charge in [-0.1, -0.05) is 122 Å².